The third-order valence-corrected chi connectivity index (χ3v) is 0.148. The third kappa shape index (κ3) is 3.27. The van der Waals surface area contributed by atoms with Crippen LogP contribution in [-0.4, -0.2) is 13.5 Å². The van der Waals surface area contributed by atoms with Crippen LogP contribution in [0.25, 0.3) is 0 Å². The lowest BCUT2D eigenvalue weighted by Crippen LogP contribution is -1.65. The highest BCUT2D eigenvalue weighted by Gasteiger charge is 1.52. The summed E-state index contributed by atoms with van der Waals surface area (Å²) < 4.78 is 0. The van der Waals surface area contributed by atoms with E-state index in [1.54, 1.807) is 0 Å². The number of hydrogen-bond donors (Lipinski definition) is 0. The lowest BCUT2D eigenvalue weighted by atomic mass is 11.5. The monoisotopic (exact) mass is 74.0 g/mol. The Morgan fingerprint density at radius 1 is 2.00 bits per heavy atom. The van der Waals surface area contributed by atoms with Crippen LogP contribution in [0.2, 0.25) is 0 Å². The van der Waals surface area contributed by atoms with E-state index < -0.39 is 0 Å². The van der Waals surface area contributed by atoms with Gasteiger partial charge in [-0.2, -0.15) is 0 Å². The van der Waals surface area contributed by atoms with Crippen molar-refractivity contribution in [1.82, 2.24) is 0 Å². The summed E-state index contributed by atoms with van der Waals surface area (Å²) in [5, 5.41) is 11.9. The molecule has 0 saturated carbocycles. The van der Waals surface area contributed by atoms with Gasteiger partial charge in [0.1, 0.15) is 7.11 Å². The Bertz CT molecular complexity index is 34.6. The first-order valence-electron chi connectivity index (χ1n) is 1.08. The van der Waals surface area contributed by atoms with Gasteiger partial charge >= 0.3 is 0 Å². The minimum atomic E-state index is 0.333. The lowest BCUT2D eigenvalue weighted by Gasteiger charge is -1.72. The molecule has 0 amide bonds. The summed E-state index contributed by atoms with van der Waals surface area (Å²) in [5.74, 6) is 0. The molecule has 0 rings (SSSR count). The minimum absolute atomic E-state index is 0.333. The van der Waals surface area contributed by atoms with Crippen molar-refractivity contribution in [1.29, 1.82) is 0 Å². The van der Waals surface area contributed by atoms with Crippen LogP contribution in [0.5, 0.6) is 0 Å². The predicted octanol–water partition coefficient (Wildman–Crippen LogP) is 0.00660. The second-order valence-electron chi connectivity index (χ2n) is 0.393. The van der Waals surface area contributed by atoms with E-state index in [-0.39, 0.29) is 0 Å². The average molecular weight is 74.1 g/mol. The van der Waals surface area contributed by atoms with Gasteiger partial charge < -0.3 is 4.84 Å². The smallest absolute Gasteiger partial charge is 0.269 e. The van der Waals surface area contributed by atoms with Crippen LogP contribution in [-0.2, 0) is 9.94 Å². The summed E-state index contributed by atoms with van der Waals surface area (Å²) in [5.41, 5.74) is 0. The molecule has 0 N–H and O–H groups in total. The van der Waals surface area contributed by atoms with E-state index in [4.69, 9.17) is 5.11 Å². The molecule has 1 radical (unpaired) electrons. The van der Waals surface area contributed by atoms with Gasteiger partial charge in [-0.1, -0.05) is 5.16 Å². The molecule has 0 aliphatic carbocycles. The molecule has 0 bridgehead atoms. The lowest BCUT2D eigenvalue weighted by molar-refractivity contribution is 0.203. The zero-order valence-electron chi connectivity index (χ0n) is 2.84. The van der Waals surface area contributed by atoms with Gasteiger partial charge in [-0.25, -0.2) is 0 Å². The summed E-state index contributed by atoms with van der Waals surface area (Å²) in [6, 6.07) is 0. The molecule has 3 nitrogen and oxygen atoms in total. The fourth-order valence-corrected chi connectivity index (χ4v) is 0.0430. The van der Waals surface area contributed by atoms with E-state index >= 15 is 0 Å². The topological polar surface area (TPSA) is 41.5 Å². The second-order valence-corrected chi connectivity index (χ2v) is 0.393. The van der Waals surface area contributed by atoms with Crippen LogP contribution in [0.4, 0.5) is 0 Å². The molecular formula is C2H4NO2. The van der Waals surface area contributed by atoms with Crippen molar-refractivity contribution < 1.29 is 9.94 Å². The fraction of sp³-hybridized carbons (Fsp3) is 0.500. The first-order valence-corrected chi connectivity index (χ1v) is 1.08. The van der Waals surface area contributed by atoms with E-state index in [1.165, 1.54) is 7.11 Å². The Morgan fingerprint density at radius 3 is 2.60 bits per heavy atom. The van der Waals surface area contributed by atoms with E-state index in [9.17, 15) is 0 Å². The van der Waals surface area contributed by atoms with E-state index in [2.05, 4.69) is 9.99 Å². The average Bonchev–Trinajstić information content (AvgIpc) is 1.41. The summed E-state index contributed by atoms with van der Waals surface area (Å²) in [4.78, 5) is 3.95. The van der Waals surface area contributed by atoms with Gasteiger partial charge in [-0.3, -0.25) is 5.11 Å². The zero-order valence-corrected chi connectivity index (χ0v) is 2.84. The van der Waals surface area contributed by atoms with Crippen molar-refractivity contribution in [2.45, 2.75) is 0 Å². The molecule has 0 aromatic heterocycles. The highest BCUT2D eigenvalue weighted by molar-refractivity contribution is 5.40. The van der Waals surface area contributed by atoms with Gasteiger partial charge in [-0.05, 0) is 0 Å². The van der Waals surface area contributed by atoms with E-state index in [0.29, 0.717) is 6.40 Å². The summed E-state index contributed by atoms with van der Waals surface area (Å²) in [6.45, 7) is 0. The molecule has 0 unspecified atom stereocenters. The molecule has 0 fully saturated rings. The van der Waals surface area contributed by atoms with E-state index in [1.807, 2.05) is 0 Å². The Balaban J connectivity index is 2.62. The van der Waals surface area contributed by atoms with Crippen molar-refractivity contribution >= 4 is 6.40 Å². The normalized spacial score (nSPS) is 9.00. The maximum absolute atomic E-state index is 9.11. The van der Waals surface area contributed by atoms with Crippen LogP contribution >= 0.6 is 0 Å². The summed E-state index contributed by atoms with van der Waals surface area (Å²) in [7, 11) is 1.31. The minimum Gasteiger partial charge on any atom is -0.396 e. The van der Waals surface area contributed by atoms with Gasteiger partial charge in [0.15, 0.2) is 0 Å². The molecular weight excluding hydrogens is 70.0 g/mol. The molecule has 0 aliphatic heterocycles. The number of oxime groups is 1. The Hall–Kier alpha value is -0.730. The Morgan fingerprint density at radius 2 is 2.60 bits per heavy atom. The molecule has 0 aromatic carbocycles. The number of rotatable bonds is 1. The van der Waals surface area contributed by atoms with Gasteiger partial charge in [-0.15, -0.1) is 0 Å². The van der Waals surface area contributed by atoms with Crippen molar-refractivity contribution in [2.24, 2.45) is 5.16 Å². The third-order valence-electron chi connectivity index (χ3n) is 0.148. The highest BCUT2D eigenvalue weighted by Crippen LogP contribution is 1.55. The van der Waals surface area contributed by atoms with Crippen molar-refractivity contribution in [3.8, 4) is 0 Å². The first kappa shape index (κ1) is 4.27. The largest absolute Gasteiger partial charge is 0.396 e. The predicted molar refractivity (Wildman–Crippen MR) is 16.2 cm³/mol. The highest BCUT2D eigenvalue weighted by atomic mass is 16.6. The molecule has 5 heavy (non-hydrogen) atoms. The summed E-state index contributed by atoms with van der Waals surface area (Å²) >= 11 is 0. The SMILES string of the molecule is CO/N=C/[O]. The summed E-state index contributed by atoms with van der Waals surface area (Å²) in [6.07, 6.45) is 0.333. The van der Waals surface area contributed by atoms with Crippen molar-refractivity contribution in [3.63, 3.8) is 0 Å². The van der Waals surface area contributed by atoms with Crippen LogP contribution in [0.15, 0.2) is 5.16 Å². The molecule has 0 atom stereocenters. The maximum Gasteiger partial charge on any atom is 0.269 e. The van der Waals surface area contributed by atoms with Crippen LogP contribution in [0, 0.1) is 0 Å². The Labute approximate surface area is 29.9 Å². The number of hydrogen-bond acceptors (Lipinski definition) is 2. The molecule has 3 heteroatoms. The number of nitrogens with zero attached hydrogens (tertiary/aromatic N) is 1. The van der Waals surface area contributed by atoms with E-state index in [0.717, 1.165) is 0 Å². The quantitative estimate of drug-likeness (QED) is 0.245. The molecule has 0 heterocycles. The molecule has 29 valence electrons. The van der Waals surface area contributed by atoms with Gasteiger partial charge in [0.05, 0.1) is 0 Å². The van der Waals surface area contributed by atoms with Gasteiger partial charge in [0.25, 0.3) is 6.40 Å². The second kappa shape index (κ2) is 3.27. The Kier molecular flexibility index (Phi) is 2.79. The molecule has 0 aliphatic rings. The standard InChI is InChI=1S/C2H4NO2/c1-5-3-2-4/h2H,1H3/b3-2+. The van der Waals surface area contributed by atoms with Crippen molar-refractivity contribution in [3.05, 3.63) is 0 Å². The van der Waals surface area contributed by atoms with Gasteiger partial charge in [0, 0.05) is 0 Å². The molecule has 0 aromatic rings. The maximum atomic E-state index is 9.11. The molecule has 0 saturated heterocycles. The zero-order chi connectivity index (χ0) is 4.12. The van der Waals surface area contributed by atoms with Gasteiger partial charge in [0.2, 0.25) is 0 Å². The van der Waals surface area contributed by atoms with Crippen molar-refractivity contribution in [2.75, 3.05) is 7.11 Å². The molecule has 0 spiro atoms. The van der Waals surface area contributed by atoms with Crippen LogP contribution in [0.3, 0.4) is 0 Å². The van der Waals surface area contributed by atoms with Crippen LogP contribution < -0.4 is 0 Å². The first-order chi connectivity index (χ1) is 2.41. The fourth-order valence-electron chi connectivity index (χ4n) is 0.0430. The van der Waals surface area contributed by atoms with Crippen LogP contribution in [0.1, 0.15) is 0 Å².